The zero-order valence-corrected chi connectivity index (χ0v) is 14.7. The number of nitro benzene ring substituents is 1. The van der Waals surface area contributed by atoms with E-state index in [1.165, 1.54) is 37.5 Å². The number of rotatable bonds is 7. The van der Waals surface area contributed by atoms with Crippen LogP contribution in [0.3, 0.4) is 0 Å². The number of allylic oxidation sites excluding steroid dienone is 1. The molecule has 3 N–H and O–H groups in total. The van der Waals surface area contributed by atoms with Crippen molar-refractivity contribution >= 4 is 23.3 Å². The van der Waals surface area contributed by atoms with Gasteiger partial charge in [0.2, 0.25) is 0 Å². The fourth-order valence-electron chi connectivity index (χ4n) is 2.73. The van der Waals surface area contributed by atoms with Crippen LogP contribution in [0.5, 0.6) is 0 Å². The summed E-state index contributed by atoms with van der Waals surface area (Å²) in [4.78, 5) is 34.3. The van der Waals surface area contributed by atoms with Gasteiger partial charge < -0.3 is 15.8 Å². The molecule has 1 aliphatic carbocycles. The number of hydrogen-bond acceptors (Lipinski definition) is 6. The molecular weight excluding hydrogens is 338 g/mol. The average molecular weight is 361 g/mol. The van der Waals surface area contributed by atoms with Crippen LogP contribution in [0.4, 0.5) is 11.4 Å². The van der Waals surface area contributed by atoms with Crippen molar-refractivity contribution in [1.82, 2.24) is 5.32 Å². The van der Waals surface area contributed by atoms with Gasteiger partial charge in [0, 0.05) is 12.6 Å². The molecule has 0 unspecified atom stereocenters. The van der Waals surface area contributed by atoms with Crippen LogP contribution in [0.1, 0.15) is 49.4 Å². The van der Waals surface area contributed by atoms with E-state index in [1.807, 2.05) is 0 Å². The van der Waals surface area contributed by atoms with E-state index in [1.54, 1.807) is 0 Å². The zero-order valence-electron chi connectivity index (χ0n) is 14.7. The predicted molar refractivity (Wildman–Crippen MR) is 96.6 cm³/mol. The molecule has 2 rings (SSSR count). The third-order valence-corrected chi connectivity index (χ3v) is 4.25. The van der Waals surface area contributed by atoms with Crippen molar-refractivity contribution in [3.8, 4) is 0 Å². The molecule has 0 fully saturated rings. The fourth-order valence-corrected chi connectivity index (χ4v) is 2.73. The molecular formula is C18H23N3O5. The molecule has 0 radical (unpaired) electrons. The van der Waals surface area contributed by atoms with Crippen LogP contribution < -0.4 is 11.1 Å². The van der Waals surface area contributed by atoms with Crippen molar-refractivity contribution in [2.75, 3.05) is 12.3 Å². The monoisotopic (exact) mass is 361 g/mol. The van der Waals surface area contributed by atoms with E-state index < -0.39 is 22.9 Å². The molecule has 8 heteroatoms. The van der Waals surface area contributed by atoms with Gasteiger partial charge in [-0.3, -0.25) is 14.9 Å². The Labute approximate surface area is 151 Å². The molecule has 26 heavy (non-hydrogen) atoms. The molecule has 1 atom stereocenters. The second kappa shape index (κ2) is 8.98. The highest BCUT2D eigenvalue weighted by Gasteiger charge is 2.21. The zero-order chi connectivity index (χ0) is 19.1. The molecule has 0 aliphatic heterocycles. The molecule has 0 bridgehead atoms. The maximum absolute atomic E-state index is 12.1. The number of anilines is 1. The second-order valence-electron chi connectivity index (χ2n) is 6.23. The standard InChI is InChI=1S/C18H23N3O5/c1-12(17(22)20-10-9-13-5-3-2-4-6-13)26-18(23)14-7-8-15(19)16(11-14)21(24)25/h5,7-8,11-12H,2-4,6,9-10,19H2,1H3,(H,20,22)/t12-/m1/s1. The maximum Gasteiger partial charge on any atom is 0.339 e. The number of amides is 1. The van der Waals surface area contributed by atoms with Crippen LogP contribution in [0.25, 0.3) is 0 Å². The van der Waals surface area contributed by atoms with E-state index >= 15 is 0 Å². The predicted octanol–water partition coefficient (Wildman–Crippen LogP) is 2.73. The van der Waals surface area contributed by atoms with Gasteiger partial charge in [-0.25, -0.2) is 4.79 Å². The summed E-state index contributed by atoms with van der Waals surface area (Å²) in [7, 11) is 0. The Morgan fingerprint density at radius 2 is 2.15 bits per heavy atom. The molecule has 0 saturated carbocycles. The summed E-state index contributed by atoms with van der Waals surface area (Å²) in [5, 5.41) is 13.6. The number of carbonyl (C=O) groups excluding carboxylic acids is 2. The SMILES string of the molecule is C[C@@H](OC(=O)c1ccc(N)c([N+](=O)[O-])c1)C(=O)NCCC1=CCCCC1. The molecule has 140 valence electrons. The van der Waals surface area contributed by atoms with Crippen LogP contribution >= 0.6 is 0 Å². The van der Waals surface area contributed by atoms with Crippen LogP contribution in [0, 0.1) is 10.1 Å². The number of esters is 1. The van der Waals surface area contributed by atoms with Crippen molar-refractivity contribution in [3.63, 3.8) is 0 Å². The lowest BCUT2D eigenvalue weighted by Crippen LogP contribution is -2.36. The first-order valence-corrected chi connectivity index (χ1v) is 8.59. The Bertz CT molecular complexity index is 730. The number of benzene rings is 1. The quantitative estimate of drug-likeness (QED) is 0.253. The Balaban J connectivity index is 1.85. The number of hydrogen-bond donors (Lipinski definition) is 2. The molecule has 0 heterocycles. The molecule has 1 amide bonds. The third-order valence-electron chi connectivity index (χ3n) is 4.25. The number of carbonyl (C=O) groups is 2. The van der Waals surface area contributed by atoms with Gasteiger partial charge in [-0.1, -0.05) is 11.6 Å². The fraction of sp³-hybridized carbons (Fsp3) is 0.444. The van der Waals surface area contributed by atoms with Gasteiger partial charge in [0.15, 0.2) is 6.10 Å². The van der Waals surface area contributed by atoms with Crippen LogP contribution in [-0.4, -0.2) is 29.4 Å². The van der Waals surface area contributed by atoms with Crippen molar-refractivity contribution < 1.29 is 19.2 Å². The molecule has 0 aromatic heterocycles. The van der Waals surface area contributed by atoms with Crippen LogP contribution in [-0.2, 0) is 9.53 Å². The van der Waals surface area contributed by atoms with Crippen LogP contribution in [0.2, 0.25) is 0 Å². The largest absolute Gasteiger partial charge is 0.449 e. The Kier molecular flexibility index (Phi) is 6.71. The molecule has 0 spiro atoms. The number of nitrogens with one attached hydrogen (secondary N) is 1. The lowest BCUT2D eigenvalue weighted by molar-refractivity contribution is -0.383. The number of nitrogens with two attached hydrogens (primary N) is 1. The van der Waals surface area contributed by atoms with Gasteiger partial charge >= 0.3 is 5.97 Å². The van der Waals surface area contributed by atoms with Gasteiger partial charge in [-0.15, -0.1) is 0 Å². The molecule has 1 aromatic carbocycles. The van der Waals surface area contributed by atoms with Crippen molar-refractivity contribution in [2.24, 2.45) is 0 Å². The van der Waals surface area contributed by atoms with E-state index in [2.05, 4.69) is 11.4 Å². The molecule has 0 saturated heterocycles. The van der Waals surface area contributed by atoms with Gasteiger partial charge in [0.05, 0.1) is 10.5 Å². The lowest BCUT2D eigenvalue weighted by Gasteiger charge is -2.15. The Hall–Kier alpha value is -2.90. The minimum atomic E-state index is -1.00. The maximum atomic E-state index is 12.1. The summed E-state index contributed by atoms with van der Waals surface area (Å²) in [6.45, 7) is 1.94. The third kappa shape index (κ3) is 5.30. The summed E-state index contributed by atoms with van der Waals surface area (Å²) in [5.74, 6) is -1.22. The number of nitro groups is 1. The smallest absolute Gasteiger partial charge is 0.339 e. The summed E-state index contributed by atoms with van der Waals surface area (Å²) in [6.07, 6.45) is 6.55. The summed E-state index contributed by atoms with van der Waals surface area (Å²) < 4.78 is 5.09. The number of nitrogens with zero attached hydrogens (tertiary/aromatic N) is 1. The topological polar surface area (TPSA) is 125 Å². The molecule has 1 aromatic rings. The average Bonchev–Trinajstić information content (AvgIpc) is 2.62. The molecule has 1 aliphatic rings. The summed E-state index contributed by atoms with van der Waals surface area (Å²) >= 11 is 0. The van der Waals surface area contributed by atoms with Crippen LogP contribution in [0.15, 0.2) is 29.8 Å². The van der Waals surface area contributed by atoms with Gasteiger partial charge in [0.25, 0.3) is 11.6 Å². The van der Waals surface area contributed by atoms with E-state index in [0.29, 0.717) is 6.54 Å². The van der Waals surface area contributed by atoms with E-state index in [-0.39, 0.29) is 16.9 Å². The lowest BCUT2D eigenvalue weighted by atomic mass is 9.97. The molecule has 8 nitrogen and oxygen atoms in total. The van der Waals surface area contributed by atoms with Gasteiger partial charge in [-0.2, -0.15) is 0 Å². The Morgan fingerprint density at radius 3 is 2.81 bits per heavy atom. The number of nitrogen functional groups attached to an aromatic ring is 1. The van der Waals surface area contributed by atoms with Gasteiger partial charge in [-0.05, 0) is 51.2 Å². The van der Waals surface area contributed by atoms with E-state index in [0.717, 1.165) is 25.3 Å². The Morgan fingerprint density at radius 1 is 1.38 bits per heavy atom. The first kappa shape index (κ1) is 19.4. The number of ether oxygens (including phenoxy) is 1. The van der Waals surface area contributed by atoms with Crippen molar-refractivity contribution in [1.29, 1.82) is 0 Å². The van der Waals surface area contributed by atoms with E-state index in [9.17, 15) is 19.7 Å². The highest BCUT2D eigenvalue weighted by atomic mass is 16.6. The van der Waals surface area contributed by atoms with Gasteiger partial charge in [0.1, 0.15) is 5.69 Å². The van der Waals surface area contributed by atoms with Crippen molar-refractivity contribution in [3.05, 3.63) is 45.5 Å². The first-order valence-electron chi connectivity index (χ1n) is 8.59. The summed E-state index contributed by atoms with van der Waals surface area (Å²) in [6, 6.07) is 3.63. The normalized spacial score (nSPS) is 14.9. The second-order valence-corrected chi connectivity index (χ2v) is 6.23. The first-order chi connectivity index (χ1) is 12.4. The minimum Gasteiger partial charge on any atom is -0.449 e. The minimum absolute atomic E-state index is 0.0297. The van der Waals surface area contributed by atoms with Crippen molar-refractivity contribution in [2.45, 2.75) is 45.1 Å². The highest BCUT2D eigenvalue weighted by Crippen LogP contribution is 2.23. The highest BCUT2D eigenvalue weighted by molar-refractivity contribution is 5.93. The van der Waals surface area contributed by atoms with E-state index in [4.69, 9.17) is 10.5 Å². The summed E-state index contributed by atoms with van der Waals surface area (Å²) in [5.41, 5.74) is 6.38.